The Hall–Kier alpha value is -2.15. The molecule has 4 rings (SSSR count). The van der Waals surface area contributed by atoms with Gasteiger partial charge < -0.3 is 9.64 Å². The third-order valence-corrected chi connectivity index (χ3v) is 5.27. The number of rotatable bonds is 2. The van der Waals surface area contributed by atoms with Crippen LogP contribution in [0.3, 0.4) is 0 Å². The van der Waals surface area contributed by atoms with Gasteiger partial charge in [0.2, 0.25) is 5.28 Å². The van der Waals surface area contributed by atoms with Gasteiger partial charge in [-0.25, -0.2) is 0 Å². The van der Waals surface area contributed by atoms with Crippen molar-refractivity contribution >= 4 is 46.0 Å². The lowest BCUT2D eigenvalue weighted by Crippen LogP contribution is -2.44. The highest BCUT2D eigenvalue weighted by Crippen LogP contribution is 2.30. The molecular weight excluding hydrogens is 387 g/mol. The third kappa shape index (κ3) is 3.18. The van der Waals surface area contributed by atoms with Crippen LogP contribution in [0.5, 0.6) is 0 Å². The molecule has 1 atom stereocenters. The number of halogens is 2. The van der Waals surface area contributed by atoms with Crippen LogP contribution in [0.4, 0.5) is 5.82 Å². The first-order chi connectivity index (χ1) is 13.0. The molecule has 1 aliphatic rings. The molecule has 0 amide bonds. The summed E-state index contributed by atoms with van der Waals surface area (Å²) in [6.45, 7) is 5.85. The Morgan fingerprint density at radius 3 is 2.81 bits per heavy atom. The number of aryl methyl sites for hydroxylation is 1. The Kier molecular flexibility index (Phi) is 4.80. The second-order valence-corrected chi connectivity index (χ2v) is 7.34. The van der Waals surface area contributed by atoms with Crippen molar-refractivity contribution in [1.29, 1.82) is 0 Å². The van der Waals surface area contributed by atoms with Crippen LogP contribution >= 0.6 is 23.2 Å². The highest BCUT2D eigenvalue weighted by molar-refractivity contribution is 6.34. The summed E-state index contributed by atoms with van der Waals surface area (Å²) in [6.07, 6.45) is 1.69. The summed E-state index contributed by atoms with van der Waals surface area (Å²) in [7, 11) is 0. The quantitative estimate of drug-likeness (QED) is 0.604. The minimum absolute atomic E-state index is 0.0971. The van der Waals surface area contributed by atoms with Crippen LogP contribution in [0, 0.1) is 6.92 Å². The average molecular weight is 405 g/mol. The Morgan fingerprint density at radius 1 is 1.26 bits per heavy atom. The van der Waals surface area contributed by atoms with Crippen molar-refractivity contribution < 1.29 is 9.53 Å². The van der Waals surface area contributed by atoms with E-state index in [2.05, 4.69) is 21.8 Å². The number of carbonyl (C=O) groups excluding carboxylic acids is 1. The summed E-state index contributed by atoms with van der Waals surface area (Å²) in [4.78, 5) is 24.0. The fraction of sp³-hybridized carbons (Fsp3) is 0.316. The lowest BCUT2D eigenvalue weighted by molar-refractivity contribution is 0.0963. The number of carbonyl (C=O) groups is 1. The monoisotopic (exact) mass is 404 g/mol. The number of morpholine rings is 1. The van der Waals surface area contributed by atoms with Gasteiger partial charge in [0.05, 0.1) is 35.2 Å². The van der Waals surface area contributed by atoms with Crippen molar-refractivity contribution in [3.63, 3.8) is 0 Å². The number of benzene rings is 1. The fourth-order valence-electron chi connectivity index (χ4n) is 3.42. The maximum Gasteiger partial charge on any atom is 0.265 e. The minimum atomic E-state index is -0.246. The van der Waals surface area contributed by atoms with E-state index in [0.717, 1.165) is 10.9 Å². The number of fused-ring (bicyclic) bond motifs is 1. The van der Waals surface area contributed by atoms with Crippen molar-refractivity contribution in [1.82, 2.24) is 14.5 Å². The molecule has 6 nitrogen and oxygen atoms in total. The predicted molar refractivity (Wildman–Crippen MR) is 106 cm³/mol. The fourth-order valence-corrected chi connectivity index (χ4v) is 3.88. The summed E-state index contributed by atoms with van der Waals surface area (Å²) in [5.41, 5.74) is 1.72. The molecular formula is C19H18Cl2N4O2. The van der Waals surface area contributed by atoms with Gasteiger partial charge in [-0.1, -0.05) is 23.7 Å². The van der Waals surface area contributed by atoms with Crippen molar-refractivity contribution in [3.8, 4) is 0 Å². The summed E-state index contributed by atoms with van der Waals surface area (Å²) < 4.78 is 6.99. The largest absolute Gasteiger partial charge is 0.377 e. The molecule has 0 bridgehead atoms. The normalized spacial score (nSPS) is 17.5. The molecule has 8 heteroatoms. The molecule has 1 saturated heterocycles. The Morgan fingerprint density at radius 2 is 2.07 bits per heavy atom. The second-order valence-electron chi connectivity index (χ2n) is 6.59. The van der Waals surface area contributed by atoms with Crippen molar-refractivity contribution in [2.45, 2.75) is 19.9 Å². The Bertz CT molecular complexity index is 1010. The maximum atomic E-state index is 13.2. The van der Waals surface area contributed by atoms with Gasteiger partial charge in [0.15, 0.2) is 5.65 Å². The van der Waals surface area contributed by atoms with Gasteiger partial charge in [-0.3, -0.25) is 9.36 Å². The molecule has 1 fully saturated rings. The molecule has 1 aliphatic heterocycles. The molecule has 1 aromatic carbocycles. The van der Waals surface area contributed by atoms with E-state index in [-0.39, 0.29) is 17.2 Å². The first kappa shape index (κ1) is 18.2. The molecule has 27 heavy (non-hydrogen) atoms. The first-order valence-electron chi connectivity index (χ1n) is 8.66. The van der Waals surface area contributed by atoms with Crippen LogP contribution in [-0.4, -0.2) is 46.2 Å². The molecule has 3 heterocycles. The van der Waals surface area contributed by atoms with Crippen LogP contribution in [0.2, 0.25) is 10.3 Å². The van der Waals surface area contributed by atoms with Gasteiger partial charge in [-0.15, -0.1) is 0 Å². The van der Waals surface area contributed by atoms with E-state index in [1.807, 2.05) is 25.1 Å². The molecule has 0 saturated carbocycles. The molecule has 140 valence electrons. The Balaban J connectivity index is 1.86. The zero-order chi connectivity index (χ0) is 19.1. The smallest absolute Gasteiger partial charge is 0.265 e. The summed E-state index contributed by atoms with van der Waals surface area (Å²) in [5, 5.41) is 1.27. The standard InChI is InChI=1S/C19H18Cl2N4O2/c1-11-4-3-5-14(20)15(11)18(26)25-7-6-13-16(22-19(21)23-17(13)25)24-8-9-27-10-12(24)2/h3-7,12H,8-10H2,1-2H3. The number of hydrogen-bond donors (Lipinski definition) is 0. The van der Waals surface area contributed by atoms with E-state index < -0.39 is 0 Å². The van der Waals surface area contributed by atoms with Crippen LogP contribution < -0.4 is 4.90 Å². The van der Waals surface area contributed by atoms with Gasteiger partial charge in [0.1, 0.15) is 5.82 Å². The predicted octanol–water partition coefficient (Wildman–Crippen LogP) is 3.96. The van der Waals surface area contributed by atoms with E-state index in [0.29, 0.717) is 41.8 Å². The highest BCUT2D eigenvalue weighted by Gasteiger charge is 2.25. The zero-order valence-corrected chi connectivity index (χ0v) is 16.5. The maximum absolute atomic E-state index is 13.2. The number of anilines is 1. The van der Waals surface area contributed by atoms with Crippen LogP contribution in [0.25, 0.3) is 11.0 Å². The van der Waals surface area contributed by atoms with Gasteiger partial charge in [-0.2, -0.15) is 9.97 Å². The second kappa shape index (κ2) is 7.11. The van der Waals surface area contributed by atoms with Crippen LogP contribution in [0.1, 0.15) is 22.8 Å². The molecule has 3 aromatic rings. The van der Waals surface area contributed by atoms with Gasteiger partial charge >= 0.3 is 0 Å². The number of nitrogens with zero attached hydrogens (tertiary/aromatic N) is 4. The van der Waals surface area contributed by atoms with Crippen LogP contribution in [-0.2, 0) is 4.74 Å². The third-order valence-electron chi connectivity index (χ3n) is 4.79. The van der Waals surface area contributed by atoms with Gasteiger partial charge in [-0.05, 0) is 43.1 Å². The van der Waals surface area contributed by atoms with Crippen LogP contribution in [0.15, 0.2) is 30.5 Å². The molecule has 2 aromatic heterocycles. The van der Waals surface area contributed by atoms with Crippen molar-refractivity contribution in [3.05, 3.63) is 51.9 Å². The molecule has 0 aliphatic carbocycles. The minimum Gasteiger partial charge on any atom is -0.377 e. The highest BCUT2D eigenvalue weighted by atomic mass is 35.5. The first-order valence-corrected chi connectivity index (χ1v) is 9.41. The summed E-state index contributed by atoms with van der Waals surface area (Å²) >= 11 is 12.5. The van der Waals surface area contributed by atoms with E-state index in [9.17, 15) is 4.79 Å². The lowest BCUT2D eigenvalue weighted by atomic mass is 10.1. The average Bonchev–Trinajstić information content (AvgIpc) is 3.05. The van der Waals surface area contributed by atoms with Crippen molar-refractivity contribution in [2.24, 2.45) is 0 Å². The Labute approximate surface area is 166 Å². The topological polar surface area (TPSA) is 60.2 Å². The summed E-state index contributed by atoms with van der Waals surface area (Å²) in [6, 6.07) is 7.37. The molecule has 1 unspecified atom stereocenters. The van der Waals surface area contributed by atoms with E-state index in [1.165, 1.54) is 4.57 Å². The molecule has 0 N–H and O–H groups in total. The lowest BCUT2D eigenvalue weighted by Gasteiger charge is -2.34. The van der Waals surface area contributed by atoms with E-state index >= 15 is 0 Å². The van der Waals surface area contributed by atoms with Crippen molar-refractivity contribution in [2.75, 3.05) is 24.7 Å². The van der Waals surface area contributed by atoms with Gasteiger partial charge in [0, 0.05) is 12.7 Å². The summed E-state index contributed by atoms with van der Waals surface area (Å²) in [5.74, 6) is 0.465. The number of hydrogen-bond acceptors (Lipinski definition) is 5. The van der Waals surface area contributed by atoms with E-state index in [1.54, 1.807) is 12.3 Å². The van der Waals surface area contributed by atoms with E-state index in [4.69, 9.17) is 27.9 Å². The molecule has 0 spiro atoms. The van der Waals surface area contributed by atoms with Gasteiger partial charge in [0.25, 0.3) is 5.91 Å². The number of aromatic nitrogens is 3. The molecule has 0 radical (unpaired) electrons. The number of ether oxygens (including phenoxy) is 1. The zero-order valence-electron chi connectivity index (χ0n) is 14.9. The SMILES string of the molecule is Cc1cccc(Cl)c1C(=O)n1ccc2c(N3CCOCC3C)nc(Cl)nc21.